The standard InChI is InChI=1S/C22H25N3O4/c1-4-11-29-17-8-5-15(6-9-17)13-23-22(26)18-14-24-25-21(18)16-7-10-19(27-2)20(12-16)28-3/h5-10,12,14H,4,11,13H2,1-3H3,(H,23,26)(H,24,25). The quantitative estimate of drug-likeness (QED) is 0.575. The zero-order chi connectivity index (χ0) is 20.6. The highest BCUT2D eigenvalue weighted by molar-refractivity contribution is 5.99. The van der Waals surface area contributed by atoms with Crippen molar-refractivity contribution in [3.05, 3.63) is 59.8 Å². The first-order chi connectivity index (χ1) is 14.2. The number of nitrogens with one attached hydrogen (secondary N) is 2. The molecule has 0 radical (unpaired) electrons. The van der Waals surface area contributed by atoms with E-state index in [0.717, 1.165) is 23.3 Å². The molecule has 2 N–H and O–H groups in total. The maximum absolute atomic E-state index is 12.7. The maximum Gasteiger partial charge on any atom is 0.255 e. The van der Waals surface area contributed by atoms with Gasteiger partial charge in [-0.25, -0.2) is 0 Å². The van der Waals surface area contributed by atoms with Crippen LogP contribution < -0.4 is 19.5 Å². The van der Waals surface area contributed by atoms with Gasteiger partial charge >= 0.3 is 0 Å². The SMILES string of the molecule is CCCOc1ccc(CNC(=O)c2cn[nH]c2-c2ccc(OC)c(OC)c2)cc1. The lowest BCUT2D eigenvalue weighted by Gasteiger charge is -2.10. The number of aromatic amines is 1. The summed E-state index contributed by atoms with van der Waals surface area (Å²) in [5, 5.41) is 9.86. The van der Waals surface area contributed by atoms with Gasteiger partial charge < -0.3 is 19.5 Å². The number of hydrogen-bond donors (Lipinski definition) is 2. The van der Waals surface area contributed by atoms with E-state index >= 15 is 0 Å². The first-order valence-corrected chi connectivity index (χ1v) is 9.42. The molecule has 0 bridgehead atoms. The molecule has 0 aliphatic rings. The van der Waals surface area contributed by atoms with Crippen LogP contribution in [0.5, 0.6) is 17.2 Å². The molecule has 1 heterocycles. The zero-order valence-corrected chi connectivity index (χ0v) is 16.8. The van der Waals surface area contributed by atoms with E-state index in [0.29, 0.717) is 35.9 Å². The summed E-state index contributed by atoms with van der Waals surface area (Å²) in [5.41, 5.74) is 2.84. The van der Waals surface area contributed by atoms with Gasteiger partial charge in [0.2, 0.25) is 0 Å². The third kappa shape index (κ3) is 4.87. The molecule has 0 saturated heterocycles. The van der Waals surface area contributed by atoms with Crippen LogP contribution in [0.4, 0.5) is 0 Å². The van der Waals surface area contributed by atoms with E-state index in [-0.39, 0.29) is 5.91 Å². The van der Waals surface area contributed by atoms with Crippen molar-refractivity contribution in [2.45, 2.75) is 19.9 Å². The number of carbonyl (C=O) groups is 1. The van der Waals surface area contributed by atoms with Crippen LogP contribution >= 0.6 is 0 Å². The average Bonchev–Trinajstić information content (AvgIpc) is 3.26. The second kappa shape index (κ2) is 9.64. The molecule has 0 fully saturated rings. The number of benzene rings is 2. The van der Waals surface area contributed by atoms with Crippen LogP contribution in [0.3, 0.4) is 0 Å². The summed E-state index contributed by atoms with van der Waals surface area (Å²) in [4.78, 5) is 12.7. The number of nitrogens with zero attached hydrogens (tertiary/aromatic N) is 1. The maximum atomic E-state index is 12.7. The number of aromatic nitrogens is 2. The van der Waals surface area contributed by atoms with Crippen molar-refractivity contribution in [1.29, 1.82) is 0 Å². The summed E-state index contributed by atoms with van der Waals surface area (Å²) >= 11 is 0. The third-order valence-corrected chi connectivity index (χ3v) is 4.41. The Morgan fingerprint density at radius 1 is 1.07 bits per heavy atom. The van der Waals surface area contributed by atoms with E-state index in [1.807, 2.05) is 30.3 Å². The van der Waals surface area contributed by atoms with Crippen molar-refractivity contribution in [3.8, 4) is 28.5 Å². The Morgan fingerprint density at radius 3 is 2.52 bits per heavy atom. The molecule has 7 heteroatoms. The van der Waals surface area contributed by atoms with E-state index in [4.69, 9.17) is 14.2 Å². The van der Waals surface area contributed by atoms with E-state index in [2.05, 4.69) is 22.4 Å². The van der Waals surface area contributed by atoms with Crippen molar-refractivity contribution in [3.63, 3.8) is 0 Å². The highest BCUT2D eigenvalue weighted by Crippen LogP contribution is 2.32. The molecule has 2 aromatic carbocycles. The van der Waals surface area contributed by atoms with E-state index < -0.39 is 0 Å². The number of ether oxygens (including phenoxy) is 3. The van der Waals surface area contributed by atoms with Gasteiger partial charge in [-0.2, -0.15) is 5.10 Å². The fourth-order valence-corrected chi connectivity index (χ4v) is 2.87. The van der Waals surface area contributed by atoms with Gasteiger partial charge in [0.15, 0.2) is 11.5 Å². The van der Waals surface area contributed by atoms with Crippen LogP contribution in [0.2, 0.25) is 0 Å². The molecular weight excluding hydrogens is 370 g/mol. The van der Waals surface area contributed by atoms with Crippen LogP contribution in [0.1, 0.15) is 29.3 Å². The van der Waals surface area contributed by atoms with Gasteiger partial charge in [0.25, 0.3) is 5.91 Å². The molecule has 152 valence electrons. The number of carbonyl (C=O) groups excluding carboxylic acids is 1. The Hall–Kier alpha value is -3.48. The van der Waals surface area contributed by atoms with Crippen LogP contribution in [-0.4, -0.2) is 36.9 Å². The van der Waals surface area contributed by atoms with Gasteiger partial charge in [-0.15, -0.1) is 0 Å². The second-order valence-electron chi connectivity index (χ2n) is 6.40. The highest BCUT2D eigenvalue weighted by Gasteiger charge is 2.17. The van der Waals surface area contributed by atoms with Crippen molar-refractivity contribution < 1.29 is 19.0 Å². The van der Waals surface area contributed by atoms with Gasteiger partial charge in [-0.1, -0.05) is 19.1 Å². The van der Waals surface area contributed by atoms with Gasteiger partial charge in [-0.3, -0.25) is 9.89 Å². The van der Waals surface area contributed by atoms with Gasteiger partial charge in [0, 0.05) is 12.1 Å². The molecule has 0 unspecified atom stereocenters. The Morgan fingerprint density at radius 2 is 1.83 bits per heavy atom. The first-order valence-electron chi connectivity index (χ1n) is 9.42. The molecule has 0 saturated carbocycles. The molecule has 7 nitrogen and oxygen atoms in total. The fraction of sp³-hybridized carbons (Fsp3) is 0.273. The highest BCUT2D eigenvalue weighted by atomic mass is 16.5. The molecular formula is C22H25N3O4. The third-order valence-electron chi connectivity index (χ3n) is 4.41. The summed E-state index contributed by atoms with van der Waals surface area (Å²) in [7, 11) is 3.15. The fourth-order valence-electron chi connectivity index (χ4n) is 2.87. The molecule has 0 aliphatic carbocycles. The molecule has 3 rings (SSSR count). The van der Waals surface area contributed by atoms with E-state index in [1.165, 1.54) is 6.20 Å². The van der Waals surface area contributed by atoms with Crippen LogP contribution in [0, 0.1) is 0 Å². The average molecular weight is 395 g/mol. The van der Waals surface area contributed by atoms with Crippen molar-refractivity contribution in [2.75, 3.05) is 20.8 Å². The topological polar surface area (TPSA) is 85.5 Å². The minimum atomic E-state index is -0.213. The molecule has 29 heavy (non-hydrogen) atoms. The molecule has 0 atom stereocenters. The second-order valence-corrected chi connectivity index (χ2v) is 6.40. The largest absolute Gasteiger partial charge is 0.494 e. The molecule has 0 aliphatic heterocycles. The van der Waals surface area contributed by atoms with Crippen LogP contribution in [0.15, 0.2) is 48.7 Å². The van der Waals surface area contributed by atoms with Crippen molar-refractivity contribution in [2.24, 2.45) is 0 Å². The number of rotatable bonds is 9. The number of hydrogen-bond acceptors (Lipinski definition) is 5. The zero-order valence-electron chi connectivity index (χ0n) is 16.8. The molecule has 1 amide bonds. The Kier molecular flexibility index (Phi) is 6.73. The lowest BCUT2D eigenvalue weighted by Crippen LogP contribution is -2.23. The minimum absolute atomic E-state index is 0.213. The van der Waals surface area contributed by atoms with Crippen molar-refractivity contribution in [1.82, 2.24) is 15.5 Å². The van der Waals surface area contributed by atoms with E-state index in [9.17, 15) is 4.79 Å². The van der Waals surface area contributed by atoms with Gasteiger partial charge in [0.05, 0.1) is 38.3 Å². The summed E-state index contributed by atoms with van der Waals surface area (Å²) in [6, 6.07) is 13.1. The first kappa shape index (κ1) is 20.3. The smallest absolute Gasteiger partial charge is 0.255 e. The van der Waals surface area contributed by atoms with Crippen LogP contribution in [-0.2, 0) is 6.54 Å². The summed E-state index contributed by atoms with van der Waals surface area (Å²) in [6.07, 6.45) is 2.48. The summed E-state index contributed by atoms with van der Waals surface area (Å²) in [5.74, 6) is 1.81. The lowest BCUT2D eigenvalue weighted by molar-refractivity contribution is 0.0951. The monoisotopic (exact) mass is 395 g/mol. The number of H-pyrrole nitrogens is 1. The predicted molar refractivity (Wildman–Crippen MR) is 111 cm³/mol. The van der Waals surface area contributed by atoms with Crippen LogP contribution in [0.25, 0.3) is 11.3 Å². The van der Waals surface area contributed by atoms with Crippen molar-refractivity contribution >= 4 is 5.91 Å². The van der Waals surface area contributed by atoms with Gasteiger partial charge in [0.1, 0.15) is 5.75 Å². The minimum Gasteiger partial charge on any atom is -0.494 e. The van der Waals surface area contributed by atoms with Gasteiger partial charge in [-0.05, 0) is 42.3 Å². The summed E-state index contributed by atoms with van der Waals surface area (Å²) < 4.78 is 16.2. The Bertz CT molecular complexity index is 951. The summed E-state index contributed by atoms with van der Waals surface area (Å²) in [6.45, 7) is 3.16. The molecule has 1 aromatic heterocycles. The number of amides is 1. The number of methoxy groups -OCH3 is 2. The Balaban J connectivity index is 1.69. The normalized spacial score (nSPS) is 10.4. The lowest BCUT2D eigenvalue weighted by atomic mass is 10.1. The Labute approximate surface area is 170 Å². The predicted octanol–water partition coefficient (Wildman–Crippen LogP) is 3.81. The molecule has 0 spiro atoms. The molecule has 3 aromatic rings. The van der Waals surface area contributed by atoms with E-state index in [1.54, 1.807) is 26.4 Å².